The second-order valence-corrected chi connectivity index (χ2v) is 4.43. The third kappa shape index (κ3) is 1.23. The fourth-order valence-electron chi connectivity index (χ4n) is 1.64. The lowest BCUT2D eigenvalue weighted by molar-refractivity contribution is 0.637. The molecule has 0 unspecified atom stereocenters. The van der Waals surface area contributed by atoms with Crippen molar-refractivity contribution in [1.82, 2.24) is 14.6 Å². The fourth-order valence-corrected chi connectivity index (χ4v) is 2.46. The van der Waals surface area contributed by atoms with Crippen LogP contribution in [-0.2, 0) is 0 Å². The van der Waals surface area contributed by atoms with Gasteiger partial charge in [0.25, 0.3) is 0 Å². The largest absolute Gasteiger partial charge is 0.422 e. The van der Waals surface area contributed by atoms with E-state index in [0.29, 0.717) is 5.84 Å². The Labute approximate surface area is 90.3 Å². The molecule has 0 N–H and O–H groups in total. The quantitative estimate of drug-likeness (QED) is 0.621. The van der Waals surface area contributed by atoms with Crippen LogP contribution < -0.4 is 0 Å². The zero-order valence-corrected chi connectivity index (χ0v) is 8.99. The molecule has 3 aromatic rings. The number of rotatable bonds is 2. The molecular formula is C10H9N3OS. The SMILES string of the molecule is CCSc1cccc2oc3nncn3c12. The van der Waals surface area contributed by atoms with Crippen LogP contribution in [0.2, 0.25) is 0 Å². The second-order valence-electron chi connectivity index (χ2n) is 3.12. The molecule has 0 aliphatic rings. The van der Waals surface area contributed by atoms with Crippen LogP contribution in [0.1, 0.15) is 6.92 Å². The highest BCUT2D eigenvalue weighted by molar-refractivity contribution is 7.99. The molecule has 2 heterocycles. The number of fused-ring (bicyclic) bond motifs is 3. The molecular weight excluding hydrogens is 210 g/mol. The molecule has 1 aromatic carbocycles. The Morgan fingerprint density at radius 1 is 1.47 bits per heavy atom. The Morgan fingerprint density at radius 3 is 3.27 bits per heavy atom. The van der Waals surface area contributed by atoms with Crippen molar-refractivity contribution in [2.24, 2.45) is 0 Å². The number of nitrogens with zero attached hydrogens (tertiary/aromatic N) is 3. The van der Waals surface area contributed by atoms with Crippen molar-refractivity contribution in [3.63, 3.8) is 0 Å². The van der Waals surface area contributed by atoms with Gasteiger partial charge in [0.15, 0.2) is 5.58 Å². The van der Waals surface area contributed by atoms with Gasteiger partial charge in [0.1, 0.15) is 11.8 Å². The van der Waals surface area contributed by atoms with Crippen molar-refractivity contribution >= 4 is 28.7 Å². The number of thioether (sulfide) groups is 1. The lowest BCUT2D eigenvalue weighted by atomic mass is 10.3. The molecule has 2 aromatic heterocycles. The summed E-state index contributed by atoms with van der Waals surface area (Å²) in [7, 11) is 0. The van der Waals surface area contributed by atoms with E-state index in [1.54, 1.807) is 18.1 Å². The summed E-state index contributed by atoms with van der Waals surface area (Å²) in [6, 6.07) is 6.03. The van der Waals surface area contributed by atoms with Crippen LogP contribution in [0.15, 0.2) is 33.8 Å². The number of benzene rings is 1. The van der Waals surface area contributed by atoms with E-state index in [-0.39, 0.29) is 0 Å². The smallest absolute Gasteiger partial charge is 0.327 e. The summed E-state index contributed by atoms with van der Waals surface area (Å²) < 4.78 is 7.44. The number of hydrogen-bond donors (Lipinski definition) is 0. The van der Waals surface area contributed by atoms with Crippen molar-refractivity contribution in [3.8, 4) is 0 Å². The summed E-state index contributed by atoms with van der Waals surface area (Å²) in [5, 5.41) is 7.72. The van der Waals surface area contributed by atoms with Crippen molar-refractivity contribution in [2.75, 3.05) is 5.75 Å². The first-order valence-electron chi connectivity index (χ1n) is 4.74. The molecule has 0 saturated carbocycles. The zero-order chi connectivity index (χ0) is 10.3. The third-order valence-corrected chi connectivity index (χ3v) is 3.15. The van der Waals surface area contributed by atoms with E-state index in [4.69, 9.17) is 4.42 Å². The average molecular weight is 219 g/mol. The fraction of sp³-hybridized carbons (Fsp3) is 0.200. The van der Waals surface area contributed by atoms with Gasteiger partial charge < -0.3 is 4.42 Å². The van der Waals surface area contributed by atoms with Crippen LogP contribution in [0.25, 0.3) is 16.9 Å². The standard InChI is InChI=1S/C10H9N3OS/c1-2-15-8-5-3-4-7-9(8)13-6-11-12-10(13)14-7/h3-6H,2H2,1H3. The van der Waals surface area contributed by atoms with Crippen LogP contribution in [0, 0.1) is 0 Å². The number of hydrogen-bond acceptors (Lipinski definition) is 4. The molecule has 0 bridgehead atoms. The van der Waals surface area contributed by atoms with Gasteiger partial charge in [-0.25, -0.2) is 4.40 Å². The van der Waals surface area contributed by atoms with Crippen molar-refractivity contribution in [3.05, 3.63) is 24.5 Å². The summed E-state index contributed by atoms with van der Waals surface area (Å²) in [6.45, 7) is 2.13. The molecule has 76 valence electrons. The van der Waals surface area contributed by atoms with E-state index in [1.807, 2.05) is 16.5 Å². The maximum atomic E-state index is 5.56. The Morgan fingerprint density at radius 2 is 2.40 bits per heavy atom. The van der Waals surface area contributed by atoms with Crippen LogP contribution in [0.4, 0.5) is 0 Å². The summed E-state index contributed by atoms with van der Waals surface area (Å²) >= 11 is 1.79. The second kappa shape index (κ2) is 3.27. The van der Waals surface area contributed by atoms with E-state index in [9.17, 15) is 0 Å². The van der Waals surface area contributed by atoms with Gasteiger partial charge in [0.05, 0.1) is 0 Å². The normalized spacial score (nSPS) is 11.5. The molecule has 15 heavy (non-hydrogen) atoms. The van der Waals surface area contributed by atoms with Crippen LogP contribution in [0.5, 0.6) is 0 Å². The zero-order valence-electron chi connectivity index (χ0n) is 8.17. The maximum Gasteiger partial charge on any atom is 0.327 e. The summed E-state index contributed by atoms with van der Waals surface area (Å²) in [5.41, 5.74) is 1.92. The number of para-hydroxylation sites is 1. The van der Waals surface area contributed by atoms with Gasteiger partial charge in [-0.1, -0.05) is 18.1 Å². The lowest BCUT2D eigenvalue weighted by Gasteiger charge is -1.98. The Bertz CT molecular complexity index is 613. The minimum atomic E-state index is 0.550. The minimum absolute atomic E-state index is 0.550. The van der Waals surface area contributed by atoms with Crippen molar-refractivity contribution < 1.29 is 4.42 Å². The van der Waals surface area contributed by atoms with Crippen LogP contribution in [0.3, 0.4) is 0 Å². The highest BCUT2D eigenvalue weighted by Crippen LogP contribution is 2.29. The van der Waals surface area contributed by atoms with Gasteiger partial charge in [-0.15, -0.1) is 16.9 Å². The molecule has 0 atom stereocenters. The van der Waals surface area contributed by atoms with Gasteiger partial charge in [0, 0.05) is 4.90 Å². The molecule has 0 fully saturated rings. The van der Waals surface area contributed by atoms with Gasteiger partial charge in [-0.3, -0.25) is 0 Å². The molecule has 0 spiro atoms. The number of aromatic nitrogens is 3. The van der Waals surface area contributed by atoms with Gasteiger partial charge in [0.2, 0.25) is 0 Å². The van der Waals surface area contributed by atoms with Crippen LogP contribution >= 0.6 is 11.8 Å². The maximum absolute atomic E-state index is 5.56. The summed E-state index contributed by atoms with van der Waals surface area (Å²) in [5.74, 6) is 1.59. The highest BCUT2D eigenvalue weighted by atomic mass is 32.2. The van der Waals surface area contributed by atoms with E-state index < -0.39 is 0 Å². The molecule has 4 nitrogen and oxygen atoms in total. The van der Waals surface area contributed by atoms with Crippen molar-refractivity contribution in [1.29, 1.82) is 0 Å². The average Bonchev–Trinajstić information content (AvgIpc) is 2.77. The first-order valence-corrected chi connectivity index (χ1v) is 5.72. The van der Waals surface area contributed by atoms with Crippen LogP contribution in [-0.4, -0.2) is 20.4 Å². The van der Waals surface area contributed by atoms with E-state index in [2.05, 4.69) is 23.2 Å². The molecule has 0 saturated heterocycles. The lowest BCUT2D eigenvalue weighted by Crippen LogP contribution is -1.81. The minimum Gasteiger partial charge on any atom is -0.422 e. The first kappa shape index (κ1) is 8.79. The molecule has 0 amide bonds. The Kier molecular flexibility index (Phi) is 1.92. The van der Waals surface area contributed by atoms with E-state index in [1.165, 1.54) is 4.90 Å². The third-order valence-electron chi connectivity index (χ3n) is 2.22. The first-order chi connectivity index (χ1) is 7.40. The molecule has 0 aliphatic carbocycles. The Hall–Kier alpha value is -1.49. The predicted octanol–water partition coefficient (Wildman–Crippen LogP) is 2.59. The van der Waals surface area contributed by atoms with Gasteiger partial charge in [-0.2, -0.15) is 0 Å². The molecule has 0 radical (unpaired) electrons. The molecule has 0 aliphatic heterocycles. The van der Waals surface area contributed by atoms with Gasteiger partial charge in [-0.05, 0) is 17.9 Å². The van der Waals surface area contributed by atoms with Crippen molar-refractivity contribution in [2.45, 2.75) is 11.8 Å². The monoisotopic (exact) mass is 219 g/mol. The number of oxazole rings is 1. The summed E-state index contributed by atoms with van der Waals surface area (Å²) in [6.07, 6.45) is 1.68. The predicted molar refractivity (Wildman–Crippen MR) is 59.2 cm³/mol. The molecule has 5 heteroatoms. The summed E-state index contributed by atoms with van der Waals surface area (Å²) in [4.78, 5) is 1.20. The highest BCUT2D eigenvalue weighted by Gasteiger charge is 2.11. The molecule has 3 rings (SSSR count). The Balaban J connectivity index is 2.41. The van der Waals surface area contributed by atoms with Gasteiger partial charge >= 0.3 is 5.84 Å². The van der Waals surface area contributed by atoms with E-state index >= 15 is 0 Å². The topological polar surface area (TPSA) is 43.3 Å². The van der Waals surface area contributed by atoms with E-state index in [0.717, 1.165) is 16.9 Å².